The van der Waals surface area contributed by atoms with Crippen molar-refractivity contribution in [2.45, 2.75) is 51.5 Å². The molecule has 3 rings (SSSR count). The summed E-state index contributed by atoms with van der Waals surface area (Å²) in [4.78, 5) is 6.91. The highest BCUT2D eigenvalue weighted by Crippen LogP contribution is 2.28. The highest BCUT2D eigenvalue weighted by molar-refractivity contribution is 5.42. The van der Waals surface area contributed by atoms with Gasteiger partial charge in [0.15, 0.2) is 0 Å². The van der Waals surface area contributed by atoms with Crippen LogP contribution in [0.15, 0.2) is 18.3 Å². The number of nitrogens with one attached hydrogen (secondary N) is 1. The van der Waals surface area contributed by atoms with Crippen LogP contribution in [0.25, 0.3) is 0 Å². The third-order valence-electron chi connectivity index (χ3n) is 3.89. The Kier molecular flexibility index (Phi) is 3.71. The first-order valence-corrected chi connectivity index (χ1v) is 7.29. The topological polar surface area (TPSA) is 37.4 Å². The molecule has 3 heterocycles. The molecular weight excluding hydrogens is 238 g/mol. The summed E-state index contributed by atoms with van der Waals surface area (Å²) in [6.07, 6.45) is 5.16. The third kappa shape index (κ3) is 3.07. The lowest BCUT2D eigenvalue weighted by molar-refractivity contribution is 0.0302. The Hall–Kier alpha value is -1.13. The summed E-state index contributed by atoms with van der Waals surface area (Å²) in [5.41, 5.74) is 1.30. The van der Waals surface area contributed by atoms with Gasteiger partial charge >= 0.3 is 0 Å². The molecule has 0 radical (unpaired) electrons. The first kappa shape index (κ1) is 12.9. The molecule has 2 fully saturated rings. The molecule has 4 nitrogen and oxygen atoms in total. The Balaban J connectivity index is 1.68. The smallest absolute Gasteiger partial charge is 0.128 e. The largest absolute Gasteiger partial charge is 0.371 e. The zero-order valence-electron chi connectivity index (χ0n) is 11.8. The standard InChI is InChI=1S/C15H23N3O/c1-11(2)17-8-12-5-6-16-15(7-12)18-9-13-3-4-14(10-18)19-13/h5-7,11,13-14,17H,3-4,8-10H2,1-2H3. The average molecular weight is 261 g/mol. The van der Waals surface area contributed by atoms with Gasteiger partial charge in [-0.05, 0) is 30.5 Å². The van der Waals surface area contributed by atoms with E-state index in [1.165, 1.54) is 18.4 Å². The van der Waals surface area contributed by atoms with Gasteiger partial charge in [0.2, 0.25) is 0 Å². The van der Waals surface area contributed by atoms with Crippen LogP contribution in [-0.2, 0) is 11.3 Å². The number of ether oxygens (including phenoxy) is 1. The van der Waals surface area contributed by atoms with Crippen molar-refractivity contribution >= 4 is 5.82 Å². The molecule has 0 spiro atoms. The van der Waals surface area contributed by atoms with Gasteiger partial charge in [0, 0.05) is 31.9 Å². The maximum absolute atomic E-state index is 5.88. The normalized spacial score (nSPS) is 26.2. The molecule has 2 unspecified atom stereocenters. The fraction of sp³-hybridized carbons (Fsp3) is 0.667. The van der Waals surface area contributed by atoms with Crippen LogP contribution >= 0.6 is 0 Å². The van der Waals surface area contributed by atoms with Crippen LogP contribution in [0.4, 0.5) is 5.82 Å². The van der Waals surface area contributed by atoms with E-state index in [4.69, 9.17) is 4.74 Å². The van der Waals surface area contributed by atoms with E-state index in [9.17, 15) is 0 Å². The lowest BCUT2D eigenvalue weighted by atomic mass is 10.2. The molecule has 0 aromatic carbocycles. The Labute approximate surface area is 115 Å². The number of rotatable bonds is 4. The molecule has 2 bridgehead atoms. The van der Waals surface area contributed by atoms with Gasteiger partial charge in [-0.25, -0.2) is 4.98 Å². The van der Waals surface area contributed by atoms with E-state index in [2.05, 4.69) is 41.2 Å². The maximum atomic E-state index is 5.88. The van der Waals surface area contributed by atoms with Gasteiger partial charge in [0.25, 0.3) is 0 Å². The van der Waals surface area contributed by atoms with Crippen LogP contribution in [0.5, 0.6) is 0 Å². The van der Waals surface area contributed by atoms with Gasteiger partial charge in [-0.15, -0.1) is 0 Å². The number of nitrogens with zero attached hydrogens (tertiary/aromatic N) is 2. The molecule has 19 heavy (non-hydrogen) atoms. The number of hydrogen-bond acceptors (Lipinski definition) is 4. The first-order chi connectivity index (χ1) is 9.20. The van der Waals surface area contributed by atoms with Gasteiger partial charge in [0.05, 0.1) is 12.2 Å². The minimum Gasteiger partial charge on any atom is -0.371 e. The van der Waals surface area contributed by atoms with E-state index in [0.717, 1.165) is 25.5 Å². The summed E-state index contributed by atoms with van der Waals surface area (Å²) < 4.78 is 5.88. The average Bonchev–Trinajstić information content (AvgIpc) is 2.75. The van der Waals surface area contributed by atoms with Crippen molar-refractivity contribution in [2.75, 3.05) is 18.0 Å². The molecule has 0 aliphatic carbocycles. The highest BCUT2D eigenvalue weighted by Gasteiger charge is 2.34. The monoisotopic (exact) mass is 261 g/mol. The molecule has 0 saturated carbocycles. The molecule has 1 N–H and O–H groups in total. The second kappa shape index (κ2) is 5.47. The summed E-state index contributed by atoms with van der Waals surface area (Å²) in [5, 5.41) is 3.45. The van der Waals surface area contributed by atoms with Gasteiger partial charge in [-0.3, -0.25) is 0 Å². The molecule has 2 saturated heterocycles. The predicted octanol–water partition coefficient (Wildman–Crippen LogP) is 1.95. The summed E-state index contributed by atoms with van der Waals surface area (Å²) in [6, 6.07) is 4.81. The second-order valence-corrected chi connectivity index (χ2v) is 5.92. The predicted molar refractivity (Wildman–Crippen MR) is 76.3 cm³/mol. The lowest BCUT2D eigenvalue weighted by Gasteiger charge is -2.33. The van der Waals surface area contributed by atoms with E-state index < -0.39 is 0 Å². The molecule has 2 aliphatic rings. The number of hydrogen-bond donors (Lipinski definition) is 1. The van der Waals surface area contributed by atoms with E-state index in [0.29, 0.717) is 18.2 Å². The number of anilines is 1. The van der Waals surface area contributed by atoms with Crippen molar-refractivity contribution in [1.29, 1.82) is 0 Å². The van der Waals surface area contributed by atoms with Gasteiger partial charge < -0.3 is 15.0 Å². The molecule has 104 valence electrons. The van der Waals surface area contributed by atoms with Crippen molar-refractivity contribution < 1.29 is 4.74 Å². The van der Waals surface area contributed by atoms with Crippen LogP contribution in [0.2, 0.25) is 0 Å². The van der Waals surface area contributed by atoms with Gasteiger partial charge in [-0.2, -0.15) is 0 Å². The Morgan fingerprint density at radius 3 is 2.79 bits per heavy atom. The van der Waals surface area contributed by atoms with Crippen LogP contribution in [-0.4, -0.2) is 36.3 Å². The van der Waals surface area contributed by atoms with Crippen LogP contribution in [0.3, 0.4) is 0 Å². The minimum atomic E-state index is 0.415. The highest BCUT2D eigenvalue weighted by atomic mass is 16.5. The number of morpholine rings is 1. The Morgan fingerprint density at radius 1 is 1.37 bits per heavy atom. The van der Waals surface area contributed by atoms with E-state index in [-0.39, 0.29) is 0 Å². The van der Waals surface area contributed by atoms with Crippen molar-refractivity contribution in [3.05, 3.63) is 23.9 Å². The number of pyridine rings is 1. The molecule has 2 aliphatic heterocycles. The Bertz CT molecular complexity index is 423. The number of fused-ring (bicyclic) bond motifs is 2. The molecule has 2 atom stereocenters. The minimum absolute atomic E-state index is 0.415. The van der Waals surface area contributed by atoms with E-state index in [1.807, 2.05) is 6.20 Å². The SMILES string of the molecule is CC(C)NCc1ccnc(N2CC3CCC(C2)O3)c1. The van der Waals surface area contributed by atoms with Crippen LogP contribution in [0, 0.1) is 0 Å². The molecular formula is C15H23N3O. The fourth-order valence-electron chi connectivity index (χ4n) is 2.87. The first-order valence-electron chi connectivity index (χ1n) is 7.29. The van der Waals surface area contributed by atoms with E-state index >= 15 is 0 Å². The Morgan fingerprint density at radius 2 is 2.11 bits per heavy atom. The second-order valence-electron chi connectivity index (χ2n) is 5.92. The summed E-state index contributed by atoms with van der Waals surface area (Å²) >= 11 is 0. The van der Waals surface area contributed by atoms with Gasteiger partial charge in [-0.1, -0.05) is 13.8 Å². The molecule has 1 aromatic rings. The van der Waals surface area contributed by atoms with E-state index in [1.54, 1.807) is 0 Å². The third-order valence-corrected chi connectivity index (χ3v) is 3.89. The fourth-order valence-corrected chi connectivity index (χ4v) is 2.87. The van der Waals surface area contributed by atoms with Crippen molar-refractivity contribution in [2.24, 2.45) is 0 Å². The van der Waals surface area contributed by atoms with Crippen LogP contribution in [0.1, 0.15) is 32.3 Å². The summed E-state index contributed by atoms with van der Waals surface area (Å²) in [5.74, 6) is 1.10. The van der Waals surface area contributed by atoms with Crippen molar-refractivity contribution in [3.8, 4) is 0 Å². The summed E-state index contributed by atoms with van der Waals surface area (Å²) in [7, 11) is 0. The zero-order chi connectivity index (χ0) is 13.2. The number of aromatic nitrogens is 1. The summed E-state index contributed by atoms with van der Waals surface area (Å²) in [6.45, 7) is 7.23. The quantitative estimate of drug-likeness (QED) is 0.899. The van der Waals surface area contributed by atoms with Crippen LogP contribution < -0.4 is 10.2 Å². The molecule has 4 heteroatoms. The van der Waals surface area contributed by atoms with Crippen molar-refractivity contribution in [1.82, 2.24) is 10.3 Å². The molecule has 0 amide bonds. The molecule has 1 aromatic heterocycles. The zero-order valence-corrected chi connectivity index (χ0v) is 11.8. The van der Waals surface area contributed by atoms with Crippen molar-refractivity contribution in [3.63, 3.8) is 0 Å². The lowest BCUT2D eigenvalue weighted by Crippen LogP contribution is -2.43. The maximum Gasteiger partial charge on any atom is 0.128 e. The van der Waals surface area contributed by atoms with Gasteiger partial charge in [0.1, 0.15) is 5.82 Å².